The van der Waals surface area contributed by atoms with Crippen molar-refractivity contribution in [2.45, 2.75) is 30.2 Å². The van der Waals surface area contributed by atoms with E-state index in [4.69, 9.17) is 5.11 Å². The summed E-state index contributed by atoms with van der Waals surface area (Å²) in [5, 5.41) is 9.13. The number of nitrogens with zero attached hydrogens (tertiary/aromatic N) is 1. The maximum Gasteiger partial charge on any atom is 0.352 e. The number of sulfonamides is 1. The number of thioether (sulfide) groups is 1. The van der Waals surface area contributed by atoms with Crippen LogP contribution in [0.25, 0.3) is 0 Å². The van der Waals surface area contributed by atoms with Crippen LogP contribution in [0.3, 0.4) is 0 Å². The molecule has 6 nitrogen and oxygen atoms in total. The van der Waals surface area contributed by atoms with Crippen molar-refractivity contribution in [1.29, 1.82) is 0 Å². The molecule has 0 aliphatic heterocycles. The average Bonchev–Trinajstić information content (AvgIpc) is 3.12. The zero-order valence-corrected chi connectivity index (χ0v) is 12.8. The average molecular weight is 318 g/mol. The summed E-state index contributed by atoms with van der Waals surface area (Å²) in [5.41, 5.74) is 0.0389. The van der Waals surface area contributed by atoms with Crippen LogP contribution in [-0.4, -0.2) is 42.6 Å². The lowest BCUT2D eigenvalue weighted by atomic mass is 10.4. The Labute approximate surface area is 122 Å². The molecule has 0 unspecified atom stereocenters. The quantitative estimate of drug-likeness (QED) is 0.710. The molecule has 0 bridgehead atoms. The topological polar surface area (TPSA) is 88.4 Å². The molecule has 8 heteroatoms. The van der Waals surface area contributed by atoms with Gasteiger partial charge < -0.3 is 9.67 Å². The number of nitrogens with one attached hydrogen (secondary N) is 1. The molecule has 1 saturated carbocycles. The van der Waals surface area contributed by atoms with E-state index in [9.17, 15) is 13.2 Å². The molecule has 0 aromatic carbocycles. The number of aromatic carboxylic acids is 1. The molecular formula is C12H18N2O4S2. The molecule has 0 atom stereocenters. The second kappa shape index (κ2) is 6.19. The summed E-state index contributed by atoms with van der Waals surface area (Å²) >= 11 is 1.65. The third-order valence-corrected chi connectivity index (χ3v) is 5.24. The van der Waals surface area contributed by atoms with E-state index in [1.807, 2.05) is 6.26 Å². The van der Waals surface area contributed by atoms with Gasteiger partial charge in [0.15, 0.2) is 0 Å². The predicted octanol–water partition coefficient (Wildman–Crippen LogP) is 1.55. The first kappa shape index (κ1) is 15.4. The van der Waals surface area contributed by atoms with E-state index in [1.54, 1.807) is 16.3 Å². The molecule has 1 aromatic rings. The summed E-state index contributed by atoms with van der Waals surface area (Å²) in [6.07, 6.45) is 5.93. The summed E-state index contributed by atoms with van der Waals surface area (Å²) < 4.78 is 28.3. The first-order valence-corrected chi connectivity index (χ1v) is 9.27. The first-order chi connectivity index (χ1) is 9.45. The first-order valence-electron chi connectivity index (χ1n) is 6.39. The summed E-state index contributed by atoms with van der Waals surface area (Å²) in [4.78, 5) is 11.2. The Morgan fingerprint density at radius 3 is 2.80 bits per heavy atom. The number of hydrogen-bond donors (Lipinski definition) is 2. The molecule has 1 aromatic heterocycles. The van der Waals surface area contributed by atoms with Crippen LogP contribution in [0, 0.1) is 0 Å². The van der Waals surface area contributed by atoms with E-state index in [0.29, 0.717) is 6.54 Å². The number of rotatable bonds is 8. The Kier molecular flexibility index (Phi) is 4.77. The highest BCUT2D eigenvalue weighted by Gasteiger charge is 2.30. The fourth-order valence-corrected chi connectivity index (χ4v) is 3.47. The molecule has 0 amide bonds. The van der Waals surface area contributed by atoms with Crippen LogP contribution < -0.4 is 4.72 Å². The molecule has 1 fully saturated rings. The van der Waals surface area contributed by atoms with Gasteiger partial charge in [-0.25, -0.2) is 17.9 Å². The normalized spacial score (nSPS) is 15.4. The third kappa shape index (κ3) is 3.56. The molecule has 0 saturated heterocycles. The molecule has 0 spiro atoms. The SMILES string of the molecule is CSCCCNS(=O)(=O)c1cc(C(=O)O)n(C2CC2)c1. The van der Waals surface area contributed by atoms with Gasteiger partial charge in [0.2, 0.25) is 10.0 Å². The van der Waals surface area contributed by atoms with Crippen molar-refractivity contribution in [2.75, 3.05) is 18.6 Å². The molecule has 1 aliphatic carbocycles. The molecule has 2 N–H and O–H groups in total. The Bertz CT molecular complexity index is 591. The lowest BCUT2D eigenvalue weighted by molar-refractivity contribution is 0.0685. The smallest absolute Gasteiger partial charge is 0.352 e. The van der Waals surface area contributed by atoms with Crippen LogP contribution >= 0.6 is 11.8 Å². The van der Waals surface area contributed by atoms with Crippen LogP contribution in [-0.2, 0) is 10.0 Å². The van der Waals surface area contributed by atoms with Gasteiger partial charge in [-0.2, -0.15) is 11.8 Å². The van der Waals surface area contributed by atoms with Crippen LogP contribution in [0.2, 0.25) is 0 Å². The fourth-order valence-electron chi connectivity index (χ4n) is 1.93. The van der Waals surface area contributed by atoms with Crippen LogP contribution in [0.5, 0.6) is 0 Å². The lowest BCUT2D eigenvalue weighted by Crippen LogP contribution is -2.24. The Morgan fingerprint density at radius 2 is 2.25 bits per heavy atom. The van der Waals surface area contributed by atoms with Crippen LogP contribution in [0.15, 0.2) is 17.2 Å². The molecule has 1 aliphatic rings. The molecule has 1 heterocycles. The largest absolute Gasteiger partial charge is 0.477 e. The molecule has 20 heavy (non-hydrogen) atoms. The Hall–Kier alpha value is -0.990. The summed E-state index contributed by atoms with van der Waals surface area (Å²) in [6.45, 7) is 0.361. The Balaban J connectivity index is 2.15. The highest BCUT2D eigenvalue weighted by atomic mass is 32.2. The van der Waals surface area contributed by atoms with Crippen LogP contribution in [0.1, 0.15) is 35.8 Å². The van der Waals surface area contributed by atoms with Crippen molar-refractivity contribution in [1.82, 2.24) is 9.29 Å². The number of carboxylic acid groups (broad SMARTS) is 1. The highest BCUT2D eigenvalue weighted by Crippen LogP contribution is 2.37. The van der Waals surface area contributed by atoms with Crippen molar-refractivity contribution in [3.8, 4) is 0 Å². The van der Waals surface area contributed by atoms with Crippen molar-refractivity contribution >= 4 is 27.8 Å². The van der Waals surface area contributed by atoms with Crippen molar-refractivity contribution in [3.63, 3.8) is 0 Å². The zero-order valence-electron chi connectivity index (χ0n) is 11.2. The Morgan fingerprint density at radius 1 is 1.55 bits per heavy atom. The van der Waals surface area contributed by atoms with E-state index < -0.39 is 16.0 Å². The fraction of sp³-hybridized carbons (Fsp3) is 0.583. The third-order valence-electron chi connectivity index (χ3n) is 3.11. The maximum atomic E-state index is 12.1. The maximum absolute atomic E-state index is 12.1. The molecule has 112 valence electrons. The molecular weight excluding hydrogens is 300 g/mol. The van der Waals surface area contributed by atoms with Gasteiger partial charge in [-0.1, -0.05) is 0 Å². The van der Waals surface area contributed by atoms with Gasteiger partial charge in [0.1, 0.15) is 10.6 Å². The van der Waals surface area contributed by atoms with Crippen molar-refractivity contribution in [2.24, 2.45) is 0 Å². The lowest BCUT2D eigenvalue weighted by Gasteiger charge is -2.04. The summed E-state index contributed by atoms with van der Waals surface area (Å²) in [5.74, 6) is -0.216. The van der Waals surface area contributed by atoms with E-state index >= 15 is 0 Å². The van der Waals surface area contributed by atoms with Gasteiger partial charge in [-0.15, -0.1) is 0 Å². The number of carbonyl (C=O) groups is 1. The predicted molar refractivity (Wildman–Crippen MR) is 77.8 cm³/mol. The van der Waals surface area contributed by atoms with Gasteiger partial charge >= 0.3 is 5.97 Å². The molecule has 2 rings (SSSR count). The summed E-state index contributed by atoms with van der Waals surface area (Å²) in [6, 6.07) is 1.36. The molecule has 0 radical (unpaired) electrons. The van der Waals surface area contributed by atoms with Gasteiger partial charge in [0.25, 0.3) is 0 Å². The van der Waals surface area contributed by atoms with E-state index in [2.05, 4.69) is 4.72 Å². The number of carboxylic acids is 1. The van der Waals surface area contributed by atoms with E-state index in [1.165, 1.54) is 12.3 Å². The summed E-state index contributed by atoms with van der Waals surface area (Å²) in [7, 11) is -3.63. The minimum Gasteiger partial charge on any atom is -0.477 e. The highest BCUT2D eigenvalue weighted by molar-refractivity contribution is 7.98. The van der Waals surface area contributed by atoms with Gasteiger partial charge in [-0.05, 0) is 37.3 Å². The van der Waals surface area contributed by atoms with Gasteiger partial charge in [0.05, 0.1) is 0 Å². The number of hydrogen-bond acceptors (Lipinski definition) is 4. The monoisotopic (exact) mass is 318 g/mol. The second-order valence-corrected chi connectivity index (χ2v) is 7.50. The minimum atomic E-state index is -3.63. The van der Waals surface area contributed by atoms with Gasteiger partial charge in [0, 0.05) is 18.8 Å². The van der Waals surface area contributed by atoms with Gasteiger partial charge in [-0.3, -0.25) is 0 Å². The number of aromatic nitrogens is 1. The van der Waals surface area contributed by atoms with E-state index in [-0.39, 0.29) is 16.6 Å². The zero-order chi connectivity index (χ0) is 14.8. The standard InChI is InChI=1S/C12H18N2O4S2/c1-19-6-2-5-13-20(17,18)10-7-11(12(15)16)14(8-10)9-3-4-9/h7-9,13H,2-6H2,1H3,(H,15,16). The van der Waals surface area contributed by atoms with Crippen molar-refractivity contribution in [3.05, 3.63) is 18.0 Å². The van der Waals surface area contributed by atoms with E-state index in [0.717, 1.165) is 25.0 Å². The van der Waals surface area contributed by atoms with Crippen molar-refractivity contribution < 1.29 is 18.3 Å². The van der Waals surface area contributed by atoms with Crippen LogP contribution in [0.4, 0.5) is 0 Å². The minimum absolute atomic E-state index is 0.0333. The second-order valence-electron chi connectivity index (χ2n) is 4.75.